The molecule has 2 nitrogen and oxygen atoms in total. The third-order valence-corrected chi connectivity index (χ3v) is 11.3. The van der Waals surface area contributed by atoms with E-state index in [-0.39, 0.29) is 0 Å². The van der Waals surface area contributed by atoms with E-state index in [2.05, 4.69) is 194 Å². The summed E-state index contributed by atoms with van der Waals surface area (Å²) in [6, 6.07) is 70.3. The fourth-order valence-electron chi connectivity index (χ4n) is 8.68. The van der Waals surface area contributed by atoms with Gasteiger partial charge in [-0.05, 0) is 135 Å². The second-order valence-corrected chi connectivity index (χ2v) is 14.3. The first-order valence-electron chi connectivity index (χ1n) is 19.1. The first-order chi connectivity index (χ1) is 27.7. The van der Waals surface area contributed by atoms with Gasteiger partial charge in [-0.25, -0.2) is 0 Å². The highest BCUT2D eigenvalue weighted by molar-refractivity contribution is 6.23. The Morgan fingerprint density at radius 1 is 0.232 bits per heavy atom. The quantitative estimate of drug-likeness (QED) is 0.153. The Bertz CT molecular complexity index is 2840. The summed E-state index contributed by atoms with van der Waals surface area (Å²) in [4.78, 5) is 0. The molecule has 0 unspecified atom stereocenters. The van der Waals surface area contributed by atoms with Gasteiger partial charge in [-0.15, -0.1) is 0 Å². The lowest BCUT2D eigenvalue weighted by Crippen LogP contribution is -1.93. The van der Waals surface area contributed by atoms with E-state index < -0.39 is 0 Å². The monoisotopic (exact) mass is 718 g/mol. The van der Waals surface area contributed by atoms with Crippen molar-refractivity contribution >= 4 is 43.1 Å². The van der Waals surface area contributed by atoms with Crippen molar-refractivity contribution in [2.75, 3.05) is 14.2 Å². The summed E-state index contributed by atoms with van der Waals surface area (Å²) in [5, 5.41) is 9.79. The SMILES string of the molecule is COc1ccc(-c2c3ccccc3c(-c3ccccc3)c3ccc(-c4ccc5c(-c6ccccc6)c6ccccc6c(-c6ccc(OC)cc6)c5c4)cc23)cc1. The Morgan fingerprint density at radius 3 is 0.839 bits per heavy atom. The molecule has 10 aromatic carbocycles. The van der Waals surface area contributed by atoms with Crippen LogP contribution in [-0.4, -0.2) is 14.2 Å². The third kappa shape index (κ3) is 5.58. The van der Waals surface area contributed by atoms with Crippen molar-refractivity contribution in [2.24, 2.45) is 0 Å². The van der Waals surface area contributed by atoms with Crippen LogP contribution in [-0.2, 0) is 0 Å². The predicted molar refractivity (Wildman–Crippen MR) is 237 cm³/mol. The van der Waals surface area contributed by atoms with Crippen LogP contribution < -0.4 is 9.47 Å². The van der Waals surface area contributed by atoms with Gasteiger partial charge in [0, 0.05) is 0 Å². The lowest BCUT2D eigenvalue weighted by atomic mass is 9.83. The summed E-state index contributed by atoms with van der Waals surface area (Å²) >= 11 is 0. The minimum Gasteiger partial charge on any atom is -0.497 e. The molecule has 0 spiro atoms. The molecule has 10 rings (SSSR count). The lowest BCUT2D eigenvalue weighted by molar-refractivity contribution is 0.415. The van der Waals surface area contributed by atoms with Crippen LogP contribution in [0.5, 0.6) is 11.5 Å². The Morgan fingerprint density at radius 2 is 0.500 bits per heavy atom. The molecule has 0 heterocycles. The van der Waals surface area contributed by atoms with Crippen molar-refractivity contribution in [3.63, 3.8) is 0 Å². The summed E-state index contributed by atoms with van der Waals surface area (Å²) in [7, 11) is 3.44. The van der Waals surface area contributed by atoms with Gasteiger partial charge in [0.1, 0.15) is 11.5 Å². The summed E-state index contributed by atoms with van der Waals surface area (Å²) in [5.74, 6) is 1.69. The summed E-state index contributed by atoms with van der Waals surface area (Å²) in [6.07, 6.45) is 0. The number of hydrogen-bond acceptors (Lipinski definition) is 2. The van der Waals surface area contributed by atoms with Crippen LogP contribution in [0.1, 0.15) is 0 Å². The molecule has 0 radical (unpaired) electrons. The number of benzene rings is 10. The van der Waals surface area contributed by atoms with Gasteiger partial charge in [-0.2, -0.15) is 0 Å². The number of methoxy groups -OCH3 is 2. The molecule has 266 valence electrons. The minimum absolute atomic E-state index is 0.843. The molecule has 10 aromatic rings. The highest BCUT2D eigenvalue weighted by Crippen LogP contribution is 2.47. The summed E-state index contributed by atoms with van der Waals surface area (Å²) in [6.45, 7) is 0. The molecule has 56 heavy (non-hydrogen) atoms. The van der Waals surface area contributed by atoms with Gasteiger partial charge in [-0.3, -0.25) is 0 Å². The van der Waals surface area contributed by atoms with Crippen LogP contribution >= 0.6 is 0 Å². The second kappa shape index (κ2) is 13.9. The summed E-state index contributed by atoms with van der Waals surface area (Å²) in [5.41, 5.74) is 12.0. The highest BCUT2D eigenvalue weighted by atomic mass is 16.5. The smallest absolute Gasteiger partial charge is 0.118 e. The van der Waals surface area contributed by atoms with Crippen LogP contribution in [0, 0.1) is 0 Å². The van der Waals surface area contributed by atoms with Gasteiger partial charge in [-0.1, -0.05) is 158 Å². The molecule has 0 atom stereocenters. The van der Waals surface area contributed by atoms with Gasteiger partial charge in [0.25, 0.3) is 0 Å². The standard InChI is InChI=1S/C54H38O2/c1-55-41-27-21-37(22-28-41)53-45-19-11-9-17-43(45)51(35-13-5-3-6-14-35)47-31-25-39(33-49(47)53)40-26-32-48-50(34-40)54(38-23-29-42(56-2)30-24-38)46-20-12-10-18-44(46)52(48)36-15-7-4-8-16-36/h3-34H,1-2H3. The van der Waals surface area contributed by atoms with Gasteiger partial charge in [0.15, 0.2) is 0 Å². The molecule has 0 bridgehead atoms. The van der Waals surface area contributed by atoms with Crippen LogP contribution in [0.2, 0.25) is 0 Å². The van der Waals surface area contributed by atoms with Gasteiger partial charge in [0.2, 0.25) is 0 Å². The van der Waals surface area contributed by atoms with E-state index in [1.165, 1.54) is 87.6 Å². The van der Waals surface area contributed by atoms with E-state index in [0.717, 1.165) is 22.6 Å². The maximum absolute atomic E-state index is 5.58. The normalized spacial score (nSPS) is 11.4. The molecule has 0 aliphatic heterocycles. The number of hydrogen-bond donors (Lipinski definition) is 0. The maximum atomic E-state index is 5.58. The van der Waals surface area contributed by atoms with E-state index >= 15 is 0 Å². The molecule has 0 saturated heterocycles. The minimum atomic E-state index is 0.843. The maximum Gasteiger partial charge on any atom is 0.118 e. The van der Waals surface area contributed by atoms with Gasteiger partial charge < -0.3 is 9.47 Å². The third-order valence-electron chi connectivity index (χ3n) is 11.3. The Hall–Kier alpha value is -7.16. The summed E-state index contributed by atoms with van der Waals surface area (Å²) < 4.78 is 11.2. The van der Waals surface area contributed by atoms with E-state index in [9.17, 15) is 0 Å². The zero-order valence-electron chi connectivity index (χ0n) is 31.3. The van der Waals surface area contributed by atoms with Crippen LogP contribution in [0.4, 0.5) is 0 Å². The van der Waals surface area contributed by atoms with Crippen molar-refractivity contribution in [3.05, 3.63) is 194 Å². The number of rotatable bonds is 7. The van der Waals surface area contributed by atoms with Crippen molar-refractivity contribution in [3.8, 4) is 67.1 Å². The zero-order valence-corrected chi connectivity index (χ0v) is 31.3. The van der Waals surface area contributed by atoms with Crippen molar-refractivity contribution in [1.82, 2.24) is 0 Å². The first-order valence-corrected chi connectivity index (χ1v) is 19.1. The fraction of sp³-hybridized carbons (Fsp3) is 0.0370. The average Bonchev–Trinajstić information content (AvgIpc) is 3.27. The van der Waals surface area contributed by atoms with Crippen molar-refractivity contribution in [2.45, 2.75) is 0 Å². The van der Waals surface area contributed by atoms with E-state index in [4.69, 9.17) is 9.47 Å². The first kappa shape index (κ1) is 33.4. The Labute approximate surface area is 326 Å². The zero-order chi connectivity index (χ0) is 37.6. The van der Waals surface area contributed by atoms with E-state index in [1.807, 2.05) is 0 Å². The number of ether oxygens (including phenoxy) is 2. The van der Waals surface area contributed by atoms with Gasteiger partial charge >= 0.3 is 0 Å². The van der Waals surface area contributed by atoms with Crippen molar-refractivity contribution < 1.29 is 9.47 Å². The molecule has 0 aliphatic rings. The molecule has 0 N–H and O–H groups in total. The van der Waals surface area contributed by atoms with Gasteiger partial charge in [0.05, 0.1) is 14.2 Å². The molecule has 0 amide bonds. The van der Waals surface area contributed by atoms with Crippen LogP contribution in [0.25, 0.3) is 98.7 Å². The fourth-order valence-corrected chi connectivity index (χ4v) is 8.68. The van der Waals surface area contributed by atoms with Crippen LogP contribution in [0.15, 0.2) is 194 Å². The highest BCUT2D eigenvalue weighted by Gasteiger charge is 2.20. The molecule has 2 heteroatoms. The Balaban J connectivity index is 1.29. The molecule has 0 aromatic heterocycles. The largest absolute Gasteiger partial charge is 0.497 e. The Kier molecular flexibility index (Phi) is 8.30. The van der Waals surface area contributed by atoms with E-state index in [1.54, 1.807) is 14.2 Å². The number of fused-ring (bicyclic) bond motifs is 4. The predicted octanol–water partition coefficient (Wildman–Crippen LogP) is 14.7. The second-order valence-electron chi connectivity index (χ2n) is 14.3. The van der Waals surface area contributed by atoms with Crippen molar-refractivity contribution in [1.29, 1.82) is 0 Å². The topological polar surface area (TPSA) is 18.5 Å². The lowest BCUT2D eigenvalue weighted by Gasteiger charge is -2.20. The molecule has 0 aliphatic carbocycles. The molecular formula is C54H38O2. The molecular weight excluding hydrogens is 681 g/mol. The average molecular weight is 719 g/mol. The molecule has 0 saturated carbocycles. The van der Waals surface area contributed by atoms with Crippen LogP contribution in [0.3, 0.4) is 0 Å². The molecule has 0 fully saturated rings. The van der Waals surface area contributed by atoms with E-state index in [0.29, 0.717) is 0 Å².